The molecule has 2 spiro atoms. The van der Waals surface area contributed by atoms with Crippen LogP contribution >= 0.6 is 0 Å². The number of carbonyl (C=O) groups is 8. The fourth-order valence-corrected chi connectivity index (χ4v) is 13.3. The molecule has 9 aliphatic rings. The maximum Gasteiger partial charge on any atom is 0.357 e. The Kier molecular flexibility index (Phi) is 13.1. The molecule has 2 aromatic carbocycles. The van der Waals surface area contributed by atoms with Gasteiger partial charge in [-0.05, 0) is 83.4 Å². The summed E-state index contributed by atoms with van der Waals surface area (Å²) in [5, 5.41) is 53.2. The minimum Gasteiger partial charge on any atom is -0.481 e. The first kappa shape index (κ1) is 51.6. The fraction of sp³-hybridized carbons (Fsp3) is 0.569. The van der Waals surface area contributed by atoms with Crippen LogP contribution in [0.2, 0.25) is 0 Å². The molecule has 5 heterocycles. The molecule has 4 bridgehead atoms. The summed E-state index contributed by atoms with van der Waals surface area (Å²) in [7, 11) is 4.00. The Balaban J connectivity index is 0.000000157. The van der Waals surface area contributed by atoms with Crippen molar-refractivity contribution in [1.29, 1.82) is 0 Å². The number of carbonyl (C=O) groups excluding carboxylic acids is 7. The van der Waals surface area contributed by atoms with E-state index in [0.717, 1.165) is 61.1 Å². The van der Waals surface area contributed by atoms with E-state index in [1.807, 2.05) is 25.2 Å². The van der Waals surface area contributed by atoms with E-state index in [4.69, 9.17) is 23.7 Å². The maximum atomic E-state index is 13.3. The van der Waals surface area contributed by atoms with E-state index in [-0.39, 0.29) is 43.3 Å². The van der Waals surface area contributed by atoms with Crippen LogP contribution in [0.4, 0.5) is 0 Å². The number of carboxylic acid groups (broad SMARTS) is 1. The quantitative estimate of drug-likeness (QED) is 0.127. The number of Topliss-reactive ketones (excluding diaryl/α,β-unsaturated/α-hetero) is 1. The van der Waals surface area contributed by atoms with Crippen LogP contribution in [0.5, 0.6) is 11.5 Å². The first-order valence-electron chi connectivity index (χ1n) is 24.1. The van der Waals surface area contributed by atoms with Crippen LogP contribution in [0.15, 0.2) is 36.1 Å². The molecule has 0 unspecified atom stereocenters. The first-order valence-corrected chi connectivity index (χ1v) is 24.1. The molecule has 0 amide bonds. The number of likely N-dealkylation sites (N-methyl/N-ethyl adjacent to an activating group) is 2. The van der Waals surface area contributed by atoms with Crippen molar-refractivity contribution in [3.8, 4) is 11.5 Å². The summed E-state index contributed by atoms with van der Waals surface area (Å²) in [6, 6.07) is 7.40. The number of nitrogens with zero attached hydrogens (tertiary/aromatic N) is 2. The molecule has 3 saturated heterocycles. The van der Waals surface area contributed by atoms with Gasteiger partial charge < -0.3 is 68.5 Å². The largest absolute Gasteiger partial charge is 0.481 e. The average Bonchev–Trinajstić information content (AvgIpc) is 3.96. The van der Waals surface area contributed by atoms with Crippen LogP contribution in [-0.2, 0) is 98.9 Å². The second-order valence-electron chi connectivity index (χ2n) is 20.3. The van der Waals surface area contributed by atoms with Crippen molar-refractivity contribution in [2.75, 3.05) is 27.2 Å². The summed E-state index contributed by atoms with van der Waals surface area (Å²) >= 11 is 0. The molecule has 4 fully saturated rings. The highest BCUT2D eigenvalue weighted by molar-refractivity contribution is 5.98. The minimum atomic E-state index is -2.14. The van der Waals surface area contributed by atoms with Crippen molar-refractivity contribution >= 4 is 47.6 Å². The zero-order chi connectivity index (χ0) is 52.9. The van der Waals surface area contributed by atoms with Crippen molar-refractivity contribution in [3.05, 3.63) is 69.5 Å². The fourth-order valence-electron chi connectivity index (χ4n) is 13.3. The molecule has 5 aliphatic heterocycles. The number of hydrogen-bond donors (Lipinski definition) is 5. The van der Waals surface area contributed by atoms with Gasteiger partial charge in [-0.15, -0.1) is 0 Å². The molecule has 1 saturated carbocycles. The number of benzene rings is 2. The number of likely N-dealkylation sites (tertiary alicyclic amines) is 2. The third kappa shape index (κ3) is 7.73. The normalized spacial score (nSPS) is 33.2. The highest BCUT2D eigenvalue weighted by Gasteiger charge is 2.74. The van der Waals surface area contributed by atoms with Gasteiger partial charge in [-0.1, -0.05) is 24.3 Å². The maximum absolute atomic E-state index is 13.3. The average molecular weight is 1020 g/mol. The van der Waals surface area contributed by atoms with E-state index in [1.54, 1.807) is 6.07 Å². The number of aliphatic carboxylic acids is 1. The zero-order valence-corrected chi connectivity index (χ0v) is 41.0. The molecule has 392 valence electrons. The smallest absolute Gasteiger partial charge is 0.357 e. The lowest BCUT2D eigenvalue weighted by Crippen LogP contribution is -2.76. The minimum absolute atomic E-state index is 0.0139. The van der Waals surface area contributed by atoms with Gasteiger partial charge in [0.15, 0.2) is 18.0 Å². The van der Waals surface area contributed by atoms with Gasteiger partial charge in [0.1, 0.15) is 23.2 Å². The number of ketones is 1. The topological polar surface area (TPSA) is 309 Å². The van der Waals surface area contributed by atoms with E-state index < -0.39 is 100 Å². The number of rotatable bonds is 9. The lowest BCUT2D eigenvalue weighted by atomic mass is 9.49. The van der Waals surface area contributed by atoms with E-state index in [0.29, 0.717) is 49.3 Å². The zero-order valence-electron chi connectivity index (χ0n) is 41.0. The SMILES string of the molecule is CC(=O)O[C@@H]1C(=O)OC(=O)[C@H]1C.CC(=O)O[C@H](C(=O)O)[C@H](OC(C)=O)C(=O)OC1=CC[C@@]2(O)[C@H]3Cc4ccc(CO)c5c4[C@@]2(CCN3C)[C@H]1O5.CN1CC[C@]23c4c5ccc(CO)c4O[C@H]2C(=O)CC[C@@]3(O)[C@H]1C5. The van der Waals surface area contributed by atoms with Crippen molar-refractivity contribution < 1.29 is 97.0 Å². The molecule has 12 atom stereocenters. The summed E-state index contributed by atoms with van der Waals surface area (Å²) in [4.78, 5) is 97.2. The molecule has 0 aromatic heterocycles. The van der Waals surface area contributed by atoms with Crippen LogP contribution in [0.25, 0.3) is 0 Å². The lowest BCUT2D eigenvalue weighted by Gasteiger charge is -2.62. The Morgan fingerprint density at radius 2 is 1.25 bits per heavy atom. The van der Waals surface area contributed by atoms with Crippen molar-refractivity contribution in [2.24, 2.45) is 5.92 Å². The predicted octanol–water partition coefficient (Wildman–Crippen LogP) is 0.117. The third-order valence-electron chi connectivity index (χ3n) is 16.5. The summed E-state index contributed by atoms with van der Waals surface area (Å²) in [6.07, 6.45) is -1.83. The van der Waals surface area contributed by atoms with Crippen LogP contribution in [0.3, 0.4) is 0 Å². The van der Waals surface area contributed by atoms with Gasteiger partial charge in [0.2, 0.25) is 18.3 Å². The number of aliphatic hydroxyl groups is 4. The molecule has 11 rings (SSSR count). The Bertz CT molecular complexity index is 2760. The second kappa shape index (κ2) is 18.6. The molecule has 22 heteroatoms. The van der Waals surface area contributed by atoms with Gasteiger partial charge in [-0.3, -0.25) is 24.0 Å². The van der Waals surface area contributed by atoms with Gasteiger partial charge >= 0.3 is 41.8 Å². The van der Waals surface area contributed by atoms with Gasteiger partial charge in [0.05, 0.1) is 35.2 Å². The highest BCUT2D eigenvalue weighted by atomic mass is 16.6. The number of aliphatic hydroxyl groups excluding tert-OH is 2. The predicted molar refractivity (Wildman–Crippen MR) is 244 cm³/mol. The number of cyclic esters (lactones) is 2. The van der Waals surface area contributed by atoms with E-state index in [9.17, 15) is 63.9 Å². The molecule has 5 N–H and O–H groups in total. The van der Waals surface area contributed by atoms with E-state index in [1.165, 1.54) is 19.9 Å². The number of esters is 6. The third-order valence-corrected chi connectivity index (χ3v) is 16.5. The van der Waals surface area contributed by atoms with Crippen LogP contribution in [0.1, 0.15) is 93.2 Å². The summed E-state index contributed by atoms with van der Waals surface area (Å²) in [5.74, 6) is -6.50. The summed E-state index contributed by atoms with van der Waals surface area (Å²) < 4.78 is 36.6. The van der Waals surface area contributed by atoms with Gasteiger partial charge in [-0.25, -0.2) is 14.4 Å². The van der Waals surface area contributed by atoms with Gasteiger partial charge in [0, 0.05) is 68.0 Å². The van der Waals surface area contributed by atoms with Crippen molar-refractivity contribution in [3.63, 3.8) is 0 Å². The molecule has 4 aliphatic carbocycles. The van der Waals surface area contributed by atoms with Crippen molar-refractivity contribution in [2.45, 2.75) is 150 Å². The monoisotopic (exact) mass is 1020 g/mol. The Labute approximate surface area is 418 Å². The van der Waals surface area contributed by atoms with E-state index in [2.05, 4.69) is 26.3 Å². The summed E-state index contributed by atoms with van der Waals surface area (Å²) in [6.45, 7) is 5.63. The summed E-state index contributed by atoms with van der Waals surface area (Å²) in [5.41, 5.74) is 1.33. The molecular formula is C51H58N2O20. The first-order chi connectivity index (χ1) is 34.5. The highest BCUT2D eigenvalue weighted by Crippen LogP contribution is 2.66. The number of carboxylic acids is 1. The van der Waals surface area contributed by atoms with Gasteiger partial charge in [0.25, 0.3) is 0 Å². The molecular weight excluding hydrogens is 961 g/mol. The molecule has 73 heavy (non-hydrogen) atoms. The Morgan fingerprint density at radius 1 is 0.726 bits per heavy atom. The van der Waals surface area contributed by atoms with Crippen LogP contribution in [0, 0.1) is 5.92 Å². The standard InChI is InChI=1S/C26H29NO11.C18H21NO4.C7H8O5/c1-12(29)35-20(23(31)32)21(36-13(2)30)24(33)37-16-6-7-26(34)17-10-14-4-5-15(11-28)19-18(14)25(26,22(16)38-19)8-9-27(17)3;1-19-7-6-17-14-10-2-3-11(9-20)15(14)23-16(17)12(21)4-5-18(17,22)13(19)8-10;1-3-5(11-4(2)8)7(10)12-6(3)9/h4-6,17,20-22,28,34H,7-11H2,1-3H3,(H,31,32);2-3,13,16,20,22H,4-9H2,1H3;3,5H,1-2H3/t17-,20+,21+,22+,25+,26-;13-,16+,17+,18-;3-,5-/m110/s1. The Hall–Kier alpha value is -6.30. The molecule has 2 aromatic rings. The number of hydrogen-bond acceptors (Lipinski definition) is 21. The van der Waals surface area contributed by atoms with E-state index >= 15 is 0 Å². The number of piperidine rings is 2. The second-order valence-corrected chi connectivity index (χ2v) is 20.3. The van der Waals surface area contributed by atoms with Crippen LogP contribution < -0.4 is 9.47 Å². The van der Waals surface area contributed by atoms with Gasteiger partial charge in [-0.2, -0.15) is 0 Å². The molecule has 0 radical (unpaired) electrons. The number of ether oxygens (including phenoxy) is 7. The van der Waals surface area contributed by atoms with Crippen LogP contribution in [-0.4, -0.2) is 164 Å². The lowest BCUT2D eigenvalue weighted by molar-refractivity contribution is -0.190. The molecule has 22 nitrogen and oxygen atoms in total. The Morgan fingerprint density at radius 3 is 1.74 bits per heavy atom. The van der Waals surface area contributed by atoms with Crippen molar-refractivity contribution in [1.82, 2.24) is 9.80 Å².